The quantitative estimate of drug-likeness (QED) is 0.525. The van der Waals surface area contributed by atoms with E-state index in [-0.39, 0.29) is 11.6 Å². The summed E-state index contributed by atoms with van der Waals surface area (Å²) in [6.07, 6.45) is 1.10. The molecule has 0 aromatic carbocycles. The van der Waals surface area contributed by atoms with E-state index in [1.54, 1.807) is 0 Å². The molecular weight excluding hydrogens is 130 g/mol. The number of nitrogens with zero attached hydrogens (tertiary/aromatic N) is 1. The summed E-state index contributed by atoms with van der Waals surface area (Å²) in [5.41, 5.74) is -0.252. The Kier molecular flexibility index (Phi) is 1.99. The molecular formula is C7H15NO2. The molecule has 0 aromatic rings. The summed E-state index contributed by atoms with van der Waals surface area (Å²) in [5.74, 6) is 0. The van der Waals surface area contributed by atoms with Crippen LogP contribution in [0.5, 0.6) is 0 Å². The third-order valence-corrected chi connectivity index (χ3v) is 2.11. The van der Waals surface area contributed by atoms with Gasteiger partial charge in [-0.25, -0.2) is 0 Å². The highest BCUT2D eigenvalue weighted by Crippen LogP contribution is 2.25. The lowest BCUT2D eigenvalue weighted by atomic mass is 9.91. The predicted molar refractivity (Wildman–Crippen MR) is 37.8 cm³/mol. The number of aliphatic hydroxyl groups excluding tert-OH is 1. The van der Waals surface area contributed by atoms with Crippen LogP contribution in [0, 0.1) is 0 Å². The third-order valence-electron chi connectivity index (χ3n) is 2.11. The van der Waals surface area contributed by atoms with Crippen molar-refractivity contribution in [1.82, 2.24) is 5.06 Å². The molecule has 0 aliphatic carbocycles. The topological polar surface area (TPSA) is 43.7 Å². The Morgan fingerprint density at radius 3 is 2.50 bits per heavy atom. The second kappa shape index (κ2) is 2.49. The van der Waals surface area contributed by atoms with Gasteiger partial charge in [0.15, 0.2) is 0 Å². The van der Waals surface area contributed by atoms with Gasteiger partial charge in [-0.1, -0.05) is 0 Å². The van der Waals surface area contributed by atoms with Crippen molar-refractivity contribution >= 4 is 0 Å². The van der Waals surface area contributed by atoms with Crippen LogP contribution < -0.4 is 0 Å². The Labute approximate surface area is 61.2 Å². The zero-order valence-corrected chi connectivity index (χ0v) is 6.54. The van der Waals surface area contributed by atoms with Gasteiger partial charge in [-0.05, 0) is 26.7 Å². The van der Waals surface area contributed by atoms with Gasteiger partial charge in [0.1, 0.15) is 0 Å². The minimum Gasteiger partial charge on any atom is -0.393 e. The molecule has 2 N–H and O–H groups in total. The first-order chi connectivity index (χ1) is 4.52. The Morgan fingerprint density at radius 2 is 2.10 bits per heavy atom. The minimum absolute atomic E-state index is 0.238. The van der Waals surface area contributed by atoms with Crippen LogP contribution in [0.3, 0.4) is 0 Å². The molecule has 0 radical (unpaired) electrons. The maximum Gasteiger partial charge on any atom is 0.0571 e. The molecule has 0 saturated carbocycles. The minimum atomic E-state index is -0.252. The van der Waals surface area contributed by atoms with E-state index in [0.717, 1.165) is 0 Å². The van der Waals surface area contributed by atoms with E-state index in [0.29, 0.717) is 19.4 Å². The van der Waals surface area contributed by atoms with Crippen molar-refractivity contribution in [3.63, 3.8) is 0 Å². The molecule has 0 aromatic heterocycles. The number of aliphatic hydroxyl groups is 1. The average molecular weight is 145 g/mol. The van der Waals surface area contributed by atoms with Gasteiger partial charge in [-0.2, -0.15) is 5.06 Å². The lowest BCUT2D eigenvalue weighted by molar-refractivity contribution is -0.194. The highest BCUT2D eigenvalue weighted by molar-refractivity contribution is 4.84. The summed E-state index contributed by atoms with van der Waals surface area (Å²) in [4.78, 5) is 0. The van der Waals surface area contributed by atoms with Crippen LogP contribution in [-0.2, 0) is 0 Å². The van der Waals surface area contributed by atoms with E-state index < -0.39 is 0 Å². The Bertz CT molecular complexity index is 125. The molecule has 0 amide bonds. The van der Waals surface area contributed by atoms with Gasteiger partial charge in [0.25, 0.3) is 0 Å². The van der Waals surface area contributed by atoms with Crippen molar-refractivity contribution in [2.75, 3.05) is 6.54 Å². The predicted octanol–water partition coefficient (Wildman–Crippen LogP) is 0.611. The van der Waals surface area contributed by atoms with Gasteiger partial charge in [0.05, 0.1) is 6.10 Å². The van der Waals surface area contributed by atoms with Crippen LogP contribution in [0.15, 0.2) is 0 Å². The molecule has 1 unspecified atom stereocenters. The van der Waals surface area contributed by atoms with E-state index in [9.17, 15) is 10.3 Å². The monoisotopic (exact) mass is 145 g/mol. The highest BCUT2D eigenvalue weighted by atomic mass is 16.5. The summed E-state index contributed by atoms with van der Waals surface area (Å²) >= 11 is 0. The number of hydroxylamine groups is 2. The first kappa shape index (κ1) is 7.98. The smallest absolute Gasteiger partial charge is 0.0571 e. The number of piperidine rings is 1. The first-order valence-electron chi connectivity index (χ1n) is 3.67. The molecule has 60 valence electrons. The summed E-state index contributed by atoms with van der Waals surface area (Å²) in [6, 6.07) is 0. The van der Waals surface area contributed by atoms with Crippen molar-refractivity contribution in [3.05, 3.63) is 0 Å². The van der Waals surface area contributed by atoms with E-state index in [4.69, 9.17) is 0 Å². The van der Waals surface area contributed by atoms with Gasteiger partial charge in [0.2, 0.25) is 0 Å². The third kappa shape index (κ3) is 1.48. The van der Waals surface area contributed by atoms with E-state index in [1.807, 2.05) is 13.8 Å². The molecule has 3 heteroatoms. The van der Waals surface area contributed by atoms with Crippen LogP contribution in [0.1, 0.15) is 26.7 Å². The molecule has 1 fully saturated rings. The van der Waals surface area contributed by atoms with Crippen LogP contribution in [0.2, 0.25) is 0 Å². The van der Waals surface area contributed by atoms with Crippen LogP contribution >= 0.6 is 0 Å². The maximum absolute atomic E-state index is 9.28. The molecule has 1 saturated heterocycles. The SMILES string of the molecule is CC1(C)CC(O)CCN1O. The molecule has 3 nitrogen and oxygen atoms in total. The van der Waals surface area contributed by atoms with Crippen LogP contribution in [0.4, 0.5) is 0 Å². The molecule has 0 bridgehead atoms. The number of rotatable bonds is 0. The summed E-state index contributed by atoms with van der Waals surface area (Å²) in [7, 11) is 0. The standard InChI is InChI=1S/C7H15NO2/c1-7(2)5-6(9)3-4-8(7)10/h6,9-10H,3-5H2,1-2H3. The van der Waals surface area contributed by atoms with Crippen LogP contribution in [0.25, 0.3) is 0 Å². The summed E-state index contributed by atoms with van der Waals surface area (Å²) < 4.78 is 0. The van der Waals surface area contributed by atoms with Crippen molar-refractivity contribution in [2.45, 2.75) is 38.3 Å². The van der Waals surface area contributed by atoms with Gasteiger partial charge in [-0.3, -0.25) is 0 Å². The van der Waals surface area contributed by atoms with Gasteiger partial charge in [-0.15, -0.1) is 0 Å². The average Bonchev–Trinajstić information content (AvgIpc) is 1.78. The first-order valence-corrected chi connectivity index (χ1v) is 3.67. The highest BCUT2D eigenvalue weighted by Gasteiger charge is 2.32. The van der Waals surface area contributed by atoms with Gasteiger partial charge >= 0.3 is 0 Å². The fraction of sp³-hybridized carbons (Fsp3) is 1.00. The lowest BCUT2D eigenvalue weighted by Gasteiger charge is -2.39. The van der Waals surface area contributed by atoms with E-state index in [2.05, 4.69) is 0 Å². The van der Waals surface area contributed by atoms with Crippen LogP contribution in [-0.4, -0.2) is 33.6 Å². The molecule has 1 aliphatic heterocycles. The molecule has 1 atom stereocenters. The fourth-order valence-corrected chi connectivity index (χ4v) is 1.36. The largest absolute Gasteiger partial charge is 0.393 e. The Hall–Kier alpha value is -0.120. The number of hydrogen-bond acceptors (Lipinski definition) is 3. The van der Waals surface area contributed by atoms with Crippen molar-refractivity contribution < 1.29 is 10.3 Å². The van der Waals surface area contributed by atoms with Crippen molar-refractivity contribution in [1.29, 1.82) is 0 Å². The molecule has 1 heterocycles. The summed E-state index contributed by atoms with van der Waals surface area (Å²) in [5, 5.41) is 19.8. The molecule has 1 aliphatic rings. The maximum atomic E-state index is 9.28. The Morgan fingerprint density at radius 1 is 1.50 bits per heavy atom. The molecule has 0 spiro atoms. The van der Waals surface area contributed by atoms with E-state index in [1.165, 1.54) is 5.06 Å². The van der Waals surface area contributed by atoms with Crippen molar-refractivity contribution in [3.8, 4) is 0 Å². The number of hydrogen-bond donors (Lipinski definition) is 2. The normalized spacial score (nSPS) is 34.2. The lowest BCUT2D eigenvalue weighted by Crippen LogP contribution is -2.49. The molecule has 1 rings (SSSR count). The molecule has 10 heavy (non-hydrogen) atoms. The second-order valence-electron chi connectivity index (χ2n) is 3.58. The summed E-state index contributed by atoms with van der Waals surface area (Å²) in [6.45, 7) is 4.43. The Balaban J connectivity index is 2.55. The van der Waals surface area contributed by atoms with Gasteiger partial charge in [0, 0.05) is 12.1 Å². The fourth-order valence-electron chi connectivity index (χ4n) is 1.36. The zero-order chi connectivity index (χ0) is 7.78. The van der Waals surface area contributed by atoms with Crippen molar-refractivity contribution in [2.24, 2.45) is 0 Å². The van der Waals surface area contributed by atoms with E-state index >= 15 is 0 Å². The van der Waals surface area contributed by atoms with Gasteiger partial charge < -0.3 is 10.3 Å². The zero-order valence-electron chi connectivity index (χ0n) is 6.54. The second-order valence-corrected chi connectivity index (χ2v) is 3.58.